The van der Waals surface area contributed by atoms with Gasteiger partial charge in [-0.15, -0.1) is 0 Å². The Balaban J connectivity index is 2.00. The van der Waals surface area contributed by atoms with E-state index in [2.05, 4.69) is 35.4 Å². The number of benzene rings is 3. The fraction of sp³-hybridized carbons (Fsp3) is 0.333. The van der Waals surface area contributed by atoms with E-state index in [1.807, 2.05) is 54.6 Å². The third kappa shape index (κ3) is 3.79. The quantitative estimate of drug-likeness (QED) is 0.274. The van der Waals surface area contributed by atoms with Crippen molar-refractivity contribution in [3.05, 3.63) is 80.6 Å². The molecule has 5 heteroatoms. The Labute approximate surface area is 205 Å². The number of pyridine rings is 2. The number of hydrogen-bond donors (Lipinski definition) is 1. The molecule has 2 aromatic heterocycles. The first kappa shape index (κ1) is 23.2. The van der Waals surface area contributed by atoms with Crippen LogP contribution in [0.4, 0.5) is 0 Å². The summed E-state index contributed by atoms with van der Waals surface area (Å²) in [6.45, 7) is 8.25. The number of aromatic nitrogens is 2. The zero-order chi connectivity index (χ0) is 24.5. The summed E-state index contributed by atoms with van der Waals surface area (Å²) in [7, 11) is 0. The van der Waals surface area contributed by atoms with E-state index in [0.717, 1.165) is 71.8 Å². The first-order valence-corrected chi connectivity index (χ1v) is 12.9. The van der Waals surface area contributed by atoms with Gasteiger partial charge in [-0.2, -0.15) is 0 Å². The van der Waals surface area contributed by atoms with Crippen LogP contribution in [0, 0.1) is 0 Å². The van der Waals surface area contributed by atoms with Gasteiger partial charge >= 0.3 is 0 Å². The number of rotatable bonds is 8. The smallest absolute Gasteiger partial charge is 0.197 e. The van der Waals surface area contributed by atoms with Crippen molar-refractivity contribution in [1.82, 2.24) is 9.66 Å². The molecule has 35 heavy (non-hydrogen) atoms. The van der Waals surface area contributed by atoms with E-state index in [9.17, 15) is 9.59 Å². The lowest BCUT2D eigenvalue weighted by atomic mass is 9.98. The van der Waals surface area contributed by atoms with Crippen molar-refractivity contribution in [3.8, 4) is 0 Å². The predicted molar refractivity (Wildman–Crippen MR) is 148 cm³/mol. The molecule has 0 amide bonds. The maximum Gasteiger partial charge on any atom is 0.197 e. The molecule has 0 atom stereocenters. The van der Waals surface area contributed by atoms with Crippen LogP contribution in [0.1, 0.15) is 52.0 Å². The van der Waals surface area contributed by atoms with Crippen LogP contribution in [0.5, 0.6) is 0 Å². The number of para-hydroxylation sites is 2. The Hall–Kier alpha value is -3.60. The summed E-state index contributed by atoms with van der Waals surface area (Å²) >= 11 is 0. The van der Waals surface area contributed by atoms with Crippen LogP contribution in [-0.2, 0) is 6.42 Å². The van der Waals surface area contributed by atoms with Crippen LogP contribution < -0.4 is 15.9 Å². The molecule has 0 spiro atoms. The standard InChI is InChI=1S/C30H33N3O2/c1-4-7-17-32(18-8-5-2)33-25-16-12-10-14-22(25)30(35)27-20(6-3)28-23(19-26(27)33)29(34)21-13-9-11-15-24(21)31-28/h9-16,19H,4-8,17-18H2,1-3H3,(H,31,34). The molecule has 0 aliphatic rings. The van der Waals surface area contributed by atoms with E-state index in [4.69, 9.17) is 0 Å². The van der Waals surface area contributed by atoms with Gasteiger partial charge in [-0.25, -0.2) is 0 Å². The van der Waals surface area contributed by atoms with Gasteiger partial charge in [0.1, 0.15) is 0 Å². The number of aromatic amines is 1. The highest BCUT2D eigenvalue weighted by Crippen LogP contribution is 2.29. The zero-order valence-electron chi connectivity index (χ0n) is 20.9. The summed E-state index contributed by atoms with van der Waals surface area (Å²) < 4.78 is 2.23. The fourth-order valence-electron chi connectivity index (χ4n) is 5.30. The highest BCUT2D eigenvalue weighted by atomic mass is 16.1. The molecular weight excluding hydrogens is 434 g/mol. The van der Waals surface area contributed by atoms with Crippen molar-refractivity contribution in [3.63, 3.8) is 0 Å². The Morgan fingerprint density at radius 2 is 1.43 bits per heavy atom. The van der Waals surface area contributed by atoms with E-state index >= 15 is 0 Å². The third-order valence-electron chi connectivity index (χ3n) is 7.09. The lowest BCUT2D eigenvalue weighted by molar-refractivity contribution is 0.564. The number of nitrogens with zero attached hydrogens (tertiary/aromatic N) is 2. The second-order valence-corrected chi connectivity index (χ2v) is 9.34. The Bertz CT molecular complexity index is 1650. The average Bonchev–Trinajstić information content (AvgIpc) is 2.89. The molecule has 0 bridgehead atoms. The summed E-state index contributed by atoms with van der Waals surface area (Å²) in [5.74, 6) is 0. The number of hydrogen-bond acceptors (Lipinski definition) is 3. The second-order valence-electron chi connectivity index (χ2n) is 9.34. The zero-order valence-corrected chi connectivity index (χ0v) is 20.9. The van der Waals surface area contributed by atoms with Crippen LogP contribution in [0.25, 0.3) is 43.6 Å². The minimum atomic E-state index is 0.00627. The summed E-state index contributed by atoms with van der Waals surface area (Å²) in [6.07, 6.45) is 4.96. The Morgan fingerprint density at radius 1 is 0.771 bits per heavy atom. The van der Waals surface area contributed by atoms with Gasteiger partial charge in [0.15, 0.2) is 10.9 Å². The predicted octanol–water partition coefficient (Wildman–Crippen LogP) is 6.25. The summed E-state index contributed by atoms with van der Waals surface area (Å²) in [5, 5.41) is 5.11. The number of H-pyrrole nitrogens is 1. The molecule has 0 aliphatic heterocycles. The summed E-state index contributed by atoms with van der Waals surface area (Å²) in [5.41, 5.74) is 4.25. The van der Waals surface area contributed by atoms with E-state index in [0.29, 0.717) is 22.6 Å². The molecule has 0 saturated heterocycles. The number of unbranched alkanes of at least 4 members (excludes halogenated alkanes) is 2. The van der Waals surface area contributed by atoms with Crippen molar-refractivity contribution in [2.24, 2.45) is 0 Å². The van der Waals surface area contributed by atoms with E-state index in [1.54, 1.807) is 0 Å². The Morgan fingerprint density at radius 3 is 2.11 bits per heavy atom. The second kappa shape index (κ2) is 9.57. The van der Waals surface area contributed by atoms with E-state index < -0.39 is 0 Å². The topological polar surface area (TPSA) is 58.1 Å². The van der Waals surface area contributed by atoms with Gasteiger partial charge in [0.2, 0.25) is 0 Å². The van der Waals surface area contributed by atoms with Crippen molar-refractivity contribution in [1.29, 1.82) is 0 Å². The van der Waals surface area contributed by atoms with Crippen LogP contribution in [0.3, 0.4) is 0 Å². The summed E-state index contributed by atoms with van der Waals surface area (Å²) in [6, 6.07) is 17.5. The lowest BCUT2D eigenvalue weighted by Gasteiger charge is -2.31. The van der Waals surface area contributed by atoms with Crippen molar-refractivity contribution in [2.45, 2.75) is 52.9 Å². The van der Waals surface area contributed by atoms with Gasteiger partial charge < -0.3 is 9.99 Å². The van der Waals surface area contributed by atoms with Crippen LogP contribution >= 0.6 is 0 Å². The van der Waals surface area contributed by atoms with Crippen molar-refractivity contribution >= 4 is 43.6 Å². The largest absolute Gasteiger partial charge is 0.354 e. The number of nitrogens with one attached hydrogen (secondary N) is 1. The molecule has 5 rings (SSSR count). The van der Waals surface area contributed by atoms with Gasteiger partial charge in [0, 0.05) is 34.8 Å². The van der Waals surface area contributed by atoms with Crippen molar-refractivity contribution < 1.29 is 0 Å². The van der Waals surface area contributed by atoms with Crippen LogP contribution in [0.2, 0.25) is 0 Å². The van der Waals surface area contributed by atoms with Gasteiger partial charge in [-0.05, 0) is 55.2 Å². The van der Waals surface area contributed by atoms with Gasteiger partial charge in [-0.3, -0.25) is 14.3 Å². The minimum Gasteiger partial charge on any atom is -0.354 e. The first-order chi connectivity index (χ1) is 17.1. The maximum absolute atomic E-state index is 13.9. The molecule has 0 saturated carbocycles. The van der Waals surface area contributed by atoms with Crippen molar-refractivity contribution in [2.75, 3.05) is 18.1 Å². The molecule has 5 nitrogen and oxygen atoms in total. The molecule has 5 aromatic rings. The lowest BCUT2D eigenvalue weighted by Crippen LogP contribution is -2.38. The molecule has 180 valence electrons. The fourth-order valence-corrected chi connectivity index (χ4v) is 5.30. The van der Waals surface area contributed by atoms with Gasteiger partial charge in [-0.1, -0.05) is 57.9 Å². The maximum atomic E-state index is 13.9. The molecule has 3 aromatic carbocycles. The molecule has 2 heterocycles. The molecule has 0 aliphatic carbocycles. The SMILES string of the molecule is CCCCN(CCCC)n1c2ccccc2c(=O)c2c(CC)c3[nH]c4ccccc4c(=O)c3cc21. The number of fused-ring (bicyclic) bond motifs is 4. The molecule has 1 N–H and O–H groups in total. The third-order valence-corrected chi connectivity index (χ3v) is 7.09. The highest BCUT2D eigenvalue weighted by molar-refractivity contribution is 6.06. The van der Waals surface area contributed by atoms with Gasteiger partial charge in [0.25, 0.3) is 0 Å². The summed E-state index contributed by atoms with van der Waals surface area (Å²) in [4.78, 5) is 31.1. The van der Waals surface area contributed by atoms with E-state index in [-0.39, 0.29) is 10.9 Å². The highest BCUT2D eigenvalue weighted by Gasteiger charge is 2.21. The molecular formula is C30H33N3O2. The number of aryl methyl sites for hydroxylation is 1. The first-order valence-electron chi connectivity index (χ1n) is 12.9. The average molecular weight is 468 g/mol. The van der Waals surface area contributed by atoms with Gasteiger partial charge in [0.05, 0.1) is 21.9 Å². The Kier molecular flexibility index (Phi) is 6.33. The van der Waals surface area contributed by atoms with Crippen LogP contribution in [0.15, 0.2) is 64.2 Å². The minimum absolute atomic E-state index is 0.00627. The normalized spacial score (nSPS) is 11.7. The monoisotopic (exact) mass is 467 g/mol. The van der Waals surface area contributed by atoms with E-state index in [1.165, 1.54) is 0 Å². The molecule has 0 radical (unpaired) electrons. The van der Waals surface area contributed by atoms with Crippen LogP contribution in [-0.4, -0.2) is 22.7 Å². The molecule has 0 fully saturated rings. The molecule has 0 unspecified atom stereocenters.